The quantitative estimate of drug-likeness (QED) is 0.358. The van der Waals surface area contributed by atoms with E-state index in [9.17, 15) is 14.4 Å². The van der Waals surface area contributed by atoms with Crippen LogP contribution < -0.4 is 5.32 Å². The molecule has 0 fully saturated rings. The van der Waals surface area contributed by atoms with Gasteiger partial charge in [0.1, 0.15) is 0 Å². The minimum Gasteiger partial charge on any atom is -0.447 e. The number of para-hydroxylation sites is 1. The molecule has 1 amide bonds. The Morgan fingerprint density at radius 3 is 2.16 bits per heavy atom. The summed E-state index contributed by atoms with van der Waals surface area (Å²) in [6.45, 7) is 10.6. The fourth-order valence-corrected chi connectivity index (χ4v) is 3.76. The number of aromatic nitrogens is 2. The summed E-state index contributed by atoms with van der Waals surface area (Å²) in [6.07, 6.45) is -1.14. The van der Waals surface area contributed by atoms with Crippen LogP contribution in [0.1, 0.15) is 45.4 Å². The minimum atomic E-state index is -1.14. The van der Waals surface area contributed by atoms with Crippen molar-refractivity contribution >= 4 is 23.3 Å². The summed E-state index contributed by atoms with van der Waals surface area (Å²) >= 11 is 0. The molecule has 1 heterocycles. The second-order valence-corrected chi connectivity index (χ2v) is 7.93. The summed E-state index contributed by atoms with van der Waals surface area (Å²) in [4.78, 5) is 38.0. The number of nitrogens with zero attached hydrogens (tertiary/aromatic N) is 2. The maximum Gasteiger partial charge on any atom is 0.380 e. The van der Waals surface area contributed by atoms with Gasteiger partial charge < -0.3 is 10.1 Å². The topological polar surface area (TPSA) is 90.3 Å². The highest BCUT2D eigenvalue weighted by Crippen LogP contribution is 2.23. The molecule has 0 saturated carbocycles. The van der Waals surface area contributed by atoms with Gasteiger partial charge in [0.25, 0.3) is 11.7 Å². The number of aryl methyl sites for hydroxylation is 4. The van der Waals surface area contributed by atoms with Gasteiger partial charge in [0.2, 0.25) is 0 Å². The predicted octanol–water partition coefficient (Wildman–Crippen LogP) is 4.17. The van der Waals surface area contributed by atoms with Crippen molar-refractivity contribution in [3.05, 3.63) is 76.1 Å². The molecule has 2 aromatic carbocycles. The Kier molecular flexibility index (Phi) is 6.58. The average Bonchev–Trinajstić information content (AvgIpc) is 3.04. The normalized spacial score (nSPS) is 11.7. The molecule has 1 atom stereocenters. The van der Waals surface area contributed by atoms with Gasteiger partial charge in [-0.15, -0.1) is 0 Å². The molecule has 1 unspecified atom stereocenters. The monoisotopic (exact) mass is 433 g/mol. The Bertz CT molecular complexity index is 1170. The van der Waals surface area contributed by atoms with Crippen LogP contribution in [-0.2, 0) is 14.3 Å². The fraction of sp³-hybridized carbons (Fsp3) is 0.280. The summed E-state index contributed by atoms with van der Waals surface area (Å²) < 4.78 is 6.80. The highest BCUT2D eigenvalue weighted by molar-refractivity contribution is 6.41. The number of benzene rings is 2. The lowest BCUT2D eigenvalue weighted by Gasteiger charge is -2.16. The summed E-state index contributed by atoms with van der Waals surface area (Å²) in [5.74, 6) is -2.43. The molecule has 0 aliphatic rings. The molecule has 0 spiro atoms. The molecule has 0 saturated heterocycles. The first kappa shape index (κ1) is 22.9. The zero-order chi connectivity index (χ0) is 23.6. The minimum absolute atomic E-state index is 0.177. The van der Waals surface area contributed by atoms with Crippen molar-refractivity contribution in [2.75, 3.05) is 5.32 Å². The van der Waals surface area contributed by atoms with E-state index in [0.29, 0.717) is 17.1 Å². The number of ether oxygens (including phenoxy) is 1. The molecule has 3 rings (SSSR count). The van der Waals surface area contributed by atoms with E-state index in [2.05, 4.69) is 10.4 Å². The van der Waals surface area contributed by atoms with Crippen LogP contribution in [0.25, 0.3) is 5.69 Å². The number of esters is 1. The van der Waals surface area contributed by atoms with Gasteiger partial charge in [0.05, 0.1) is 22.6 Å². The van der Waals surface area contributed by atoms with E-state index in [0.717, 1.165) is 22.4 Å². The third kappa shape index (κ3) is 4.61. The maximum atomic E-state index is 12.8. The Morgan fingerprint density at radius 1 is 0.969 bits per heavy atom. The summed E-state index contributed by atoms with van der Waals surface area (Å²) in [7, 11) is 0. The van der Waals surface area contributed by atoms with Crippen LogP contribution in [0, 0.1) is 34.6 Å². The molecule has 7 heteroatoms. The molecule has 1 N–H and O–H groups in total. The van der Waals surface area contributed by atoms with E-state index in [1.807, 2.05) is 63.2 Å². The van der Waals surface area contributed by atoms with E-state index in [1.165, 1.54) is 6.92 Å². The van der Waals surface area contributed by atoms with Gasteiger partial charge in [-0.25, -0.2) is 9.48 Å². The van der Waals surface area contributed by atoms with Crippen molar-refractivity contribution in [2.24, 2.45) is 0 Å². The highest BCUT2D eigenvalue weighted by Gasteiger charge is 2.29. The van der Waals surface area contributed by atoms with Gasteiger partial charge >= 0.3 is 5.97 Å². The van der Waals surface area contributed by atoms with Crippen LogP contribution in [0.2, 0.25) is 0 Å². The number of hydrogen-bond donors (Lipinski definition) is 1. The summed E-state index contributed by atoms with van der Waals surface area (Å²) in [5, 5.41) is 7.18. The van der Waals surface area contributed by atoms with E-state index >= 15 is 0 Å². The molecule has 32 heavy (non-hydrogen) atoms. The number of rotatable bonds is 6. The van der Waals surface area contributed by atoms with Crippen molar-refractivity contribution < 1.29 is 19.1 Å². The lowest BCUT2D eigenvalue weighted by molar-refractivity contribution is -0.148. The molecule has 0 aliphatic carbocycles. The third-order valence-corrected chi connectivity index (χ3v) is 5.28. The van der Waals surface area contributed by atoms with Crippen LogP contribution in [0.4, 0.5) is 5.69 Å². The molecule has 1 aromatic heterocycles. The van der Waals surface area contributed by atoms with Crippen LogP contribution >= 0.6 is 0 Å². The van der Waals surface area contributed by atoms with Crippen molar-refractivity contribution in [1.82, 2.24) is 9.78 Å². The van der Waals surface area contributed by atoms with Crippen molar-refractivity contribution in [3.63, 3.8) is 0 Å². The van der Waals surface area contributed by atoms with Crippen molar-refractivity contribution in [1.29, 1.82) is 0 Å². The van der Waals surface area contributed by atoms with Crippen molar-refractivity contribution in [3.8, 4) is 5.69 Å². The Labute approximate surface area is 187 Å². The number of anilines is 1. The van der Waals surface area contributed by atoms with Crippen LogP contribution in [0.5, 0.6) is 0 Å². The molecule has 0 bridgehead atoms. The number of carbonyl (C=O) groups excluding carboxylic acids is 3. The van der Waals surface area contributed by atoms with Gasteiger partial charge in [-0.1, -0.05) is 35.9 Å². The summed E-state index contributed by atoms with van der Waals surface area (Å²) in [5.41, 5.74) is 5.47. The van der Waals surface area contributed by atoms with E-state index in [1.54, 1.807) is 18.5 Å². The second-order valence-electron chi connectivity index (χ2n) is 7.93. The Hall–Kier alpha value is -3.74. The van der Waals surface area contributed by atoms with Gasteiger partial charge in [0, 0.05) is 5.69 Å². The number of nitrogens with one attached hydrogen (secondary N) is 1. The SMILES string of the molecule is Cc1cc(C)c(NC(=O)C(C)OC(=O)C(=O)c2c(C)nn(-c3ccccc3)c2C)c(C)c1. The molecule has 3 aromatic rings. The van der Waals surface area contributed by atoms with Gasteiger partial charge in [0.15, 0.2) is 6.10 Å². The van der Waals surface area contributed by atoms with Crippen LogP contribution in [0.3, 0.4) is 0 Å². The second kappa shape index (κ2) is 9.18. The summed E-state index contributed by atoms with van der Waals surface area (Å²) in [6, 6.07) is 13.2. The van der Waals surface area contributed by atoms with E-state index in [4.69, 9.17) is 4.74 Å². The third-order valence-electron chi connectivity index (χ3n) is 5.28. The lowest BCUT2D eigenvalue weighted by atomic mass is 10.0. The average molecular weight is 434 g/mol. The Balaban J connectivity index is 1.74. The number of ketones is 1. The highest BCUT2D eigenvalue weighted by atomic mass is 16.6. The van der Waals surface area contributed by atoms with E-state index < -0.39 is 23.8 Å². The largest absolute Gasteiger partial charge is 0.447 e. The maximum absolute atomic E-state index is 12.8. The number of amides is 1. The zero-order valence-corrected chi connectivity index (χ0v) is 19.1. The zero-order valence-electron chi connectivity index (χ0n) is 19.1. The van der Waals surface area contributed by atoms with Gasteiger partial charge in [-0.05, 0) is 64.8 Å². The van der Waals surface area contributed by atoms with Crippen LogP contribution in [0.15, 0.2) is 42.5 Å². The number of Topliss-reactive ketones (excluding diaryl/α,β-unsaturated/α-hetero) is 1. The van der Waals surface area contributed by atoms with Gasteiger partial charge in [-0.2, -0.15) is 5.10 Å². The molecule has 166 valence electrons. The first-order valence-corrected chi connectivity index (χ1v) is 10.4. The predicted molar refractivity (Wildman–Crippen MR) is 122 cm³/mol. The molecule has 7 nitrogen and oxygen atoms in total. The fourth-order valence-electron chi connectivity index (χ4n) is 3.76. The van der Waals surface area contributed by atoms with Gasteiger partial charge in [-0.3, -0.25) is 9.59 Å². The lowest BCUT2D eigenvalue weighted by Crippen LogP contribution is -2.33. The molecular weight excluding hydrogens is 406 g/mol. The first-order chi connectivity index (χ1) is 15.1. The van der Waals surface area contributed by atoms with E-state index in [-0.39, 0.29) is 5.56 Å². The smallest absolute Gasteiger partial charge is 0.380 e. The molecule has 0 aliphatic heterocycles. The molecular formula is C25H27N3O4. The molecule has 0 radical (unpaired) electrons. The number of carbonyl (C=O) groups is 3. The number of hydrogen-bond acceptors (Lipinski definition) is 5. The first-order valence-electron chi connectivity index (χ1n) is 10.4. The van der Waals surface area contributed by atoms with Crippen molar-refractivity contribution in [2.45, 2.75) is 47.6 Å². The standard InChI is InChI=1S/C25H27N3O4/c1-14-12-15(2)22(16(3)13-14)26-24(30)19(6)32-25(31)23(29)21-17(4)27-28(18(21)5)20-10-8-7-9-11-20/h7-13,19H,1-6H3,(H,26,30). The Morgan fingerprint density at radius 2 is 1.56 bits per heavy atom. The van der Waals surface area contributed by atoms with Crippen LogP contribution in [-0.4, -0.2) is 33.5 Å².